The lowest BCUT2D eigenvalue weighted by atomic mass is 9.98. The zero-order chi connectivity index (χ0) is 11.3. The van der Waals surface area contributed by atoms with Gasteiger partial charge >= 0.3 is 0 Å². The molecule has 0 heterocycles. The van der Waals surface area contributed by atoms with E-state index in [1.165, 1.54) is 0 Å². The number of benzene rings is 1. The van der Waals surface area contributed by atoms with Crippen molar-refractivity contribution in [3.05, 3.63) is 48.2 Å². The first-order chi connectivity index (χ1) is 7.13. The van der Waals surface area contributed by atoms with Crippen molar-refractivity contribution >= 4 is 0 Å². The highest BCUT2D eigenvalue weighted by molar-refractivity contribution is 5.27. The molecule has 2 atom stereocenters. The maximum Gasteiger partial charge on any atom is 0.115 e. The van der Waals surface area contributed by atoms with Crippen LogP contribution in [0.5, 0.6) is 5.75 Å². The van der Waals surface area contributed by atoms with Gasteiger partial charge in [-0.25, -0.2) is 0 Å². The van der Waals surface area contributed by atoms with Crippen LogP contribution in [0.15, 0.2) is 42.7 Å². The Balaban J connectivity index is 2.64. The smallest absolute Gasteiger partial charge is 0.115 e. The summed E-state index contributed by atoms with van der Waals surface area (Å²) in [5.74, 6) is 0.455. The number of aliphatic hydroxyl groups excluding tert-OH is 1. The summed E-state index contributed by atoms with van der Waals surface area (Å²) in [6.07, 6.45) is 1.96. The number of phenolic OH excluding ortho intramolecular Hbond substituents is 1. The van der Waals surface area contributed by atoms with E-state index in [2.05, 4.69) is 12.3 Å². The molecule has 0 saturated heterocycles. The van der Waals surface area contributed by atoms with Crippen LogP contribution in [0.25, 0.3) is 0 Å². The average Bonchev–Trinajstić information content (AvgIpc) is 2.18. The third-order valence-electron chi connectivity index (χ3n) is 2.28. The molecular formula is C13H16O2. The number of rotatable bonds is 4. The maximum atomic E-state index is 9.86. The quantitative estimate of drug-likeness (QED) is 0.740. The van der Waals surface area contributed by atoms with E-state index in [0.717, 1.165) is 5.56 Å². The molecule has 80 valence electrons. The van der Waals surface area contributed by atoms with Gasteiger partial charge in [0.1, 0.15) is 5.75 Å². The van der Waals surface area contributed by atoms with Crippen molar-refractivity contribution in [2.75, 3.05) is 0 Å². The fraction of sp³-hybridized carbons (Fsp3) is 0.308. The van der Waals surface area contributed by atoms with Gasteiger partial charge in [0, 0.05) is 0 Å². The minimum atomic E-state index is -0.509. The molecule has 1 aromatic rings. The Labute approximate surface area is 90.2 Å². The Morgan fingerprint density at radius 2 is 2.00 bits per heavy atom. The van der Waals surface area contributed by atoms with Gasteiger partial charge in [-0.1, -0.05) is 25.6 Å². The van der Waals surface area contributed by atoms with Gasteiger partial charge in [0.25, 0.3) is 0 Å². The van der Waals surface area contributed by atoms with Crippen molar-refractivity contribution in [3.8, 4) is 5.75 Å². The monoisotopic (exact) mass is 204 g/mol. The Bertz CT molecular complexity index is 347. The Morgan fingerprint density at radius 1 is 1.40 bits per heavy atom. The van der Waals surface area contributed by atoms with E-state index in [4.69, 9.17) is 5.11 Å². The lowest BCUT2D eigenvalue weighted by Crippen LogP contribution is -2.02. The standard InChI is InChI=1S/C13H16O2/c1-3-4-10(2)9-13(15)11-5-7-12(14)8-6-11/h4-8,10,13-15H,1,9H2,2H3. The van der Waals surface area contributed by atoms with Crippen molar-refractivity contribution in [1.29, 1.82) is 0 Å². The van der Waals surface area contributed by atoms with Gasteiger partial charge in [-0.2, -0.15) is 0 Å². The normalized spacial score (nSPS) is 14.0. The van der Waals surface area contributed by atoms with Crippen LogP contribution in [0.4, 0.5) is 0 Å². The summed E-state index contributed by atoms with van der Waals surface area (Å²) in [6.45, 7) is 5.50. The van der Waals surface area contributed by atoms with E-state index in [-0.39, 0.29) is 11.7 Å². The number of hydrogen-bond donors (Lipinski definition) is 2. The summed E-state index contributed by atoms with van der Waals surface area (Å²) in [5, 5.41) is 19.0. The highest BCUT2D eigenvalue weighted by Gasteiger charge is 2.10. The number of allylic oxidation sites excluding steroid dienone is 1. The summed E-state index contributed by atoms with van der Waals surface area (Å²) < 4.78 is 0. The molecule has 2 nitrogen and oxygen atoms in total. The van der Waals surface area contributed by atoms with Gasteiger partial charge in [-0.15, -0.1) is 5.73 Å². The molecular weight excluding hydrogens is 188 g/mol. The molecule has 0 bridgehead atoms. The van der Waals surface area contributed by atoms with Crippen LogP contribution >= 0.6 is 0 Å². The van der Waals surface area contributed by atoms with E-state index in [9.17, 15) is 5.11 Å². The Hall–Kier alpha value is -1.50. The third kappa shape index (κ3) is 3.62. The van der Waals surface area contributed by atoms with Gasteiger partial charge < -0.3 is 10.2 Å². The largest absolute Gasteiger partial charge is 0.508 e. The Morgan fingerprint density at radius 3 is 2.53 bits per heavy atom. The SMILES string of the molecule is C=C=CC(C)CC(O)c1ccc(O)cc1. The maximum absolute atomic E-state index is 9.86. The van der Waals surface area contributed by atoms with Crippen LogP contribution in [0.1, 0.15) is 25.0 Å². The fourth-order valence-corrected chi connectivity index (χ4v) is 1.45. The van der Waals surface area contributed by atoms with E-state index in [0.29, 0.717) is 6.42 Å². The molecule has 2 heteroatoms. The first-order valence-corrected chi connectivity index (χ1v) is 4.96. The molecule has 2 unspecified atom stereocenters. The average molecular weight is 204 g/mol. The van der Waals surface area contributed by atoms with Gasteiger partial charge in [-0.3, -0.25) is 0 Å². The second-order valence-corrected chi connectivity index (χ2v) is 3.69. The van der Waals surface area contributed by atoms with Crippen molar-refractivity contribution < 1.29 is 10.2 Å². The molecule has 15 heavy (non-hydrogen) atoms. The van der Waals surface area contributed by atoms with Gasteiger partial charge in [0.05, 0.1) is 6.10 Å². The number of phenols is 1. The van der Waals surface area contributed by atoms with Crippen LogP contribution in [0.2, 0.25) is 0 Å². The van der Waals surface area contributed by atoms with Crippen LogP contribution in [0.3, 0.4) is 0 Å². The highest BCUT2D eigenvalue weighted by Crippen LogP contribution is 2.23. The molecule has 0 aliphatic heterocycles. The van der Waals surface area contributed by atoms with Gasteiger partial charge in [0.15, 0.2) is 0 Å². The van der Waals surface area contributed by atoms with Gasteiger partial charge in [0.2, 0.25) is 0 Å². The second-order valence-electron chi connectivity index (χ2n) is 3.69. The lowest BCUT2D eigenvalue weighted by molar-refractivity contribution is 0.155. The molecule has 0 fully saturated rings. The lowest BCUT2D eigenvalue weighted by Gasteiger charge is -2.13. The predicted molar refractivity (Wildman–Crippen MR) is 60.6 cm³/mol. The van der Waals surface area contributed by atoms with E-state index >= 15 is 0 Å². The molecule has 1 rings (SSSR count). The third-order valence-corrected chi connectivity index (χ3v) is 2.28. The van der Waals surface area contributed by atoms with Crippen molar-refractivity contribution in [1.82, 2.24) is 0 Å². The summed E-state index contributed by atoms with van der Waals surface area (Å²) in [6, 6.07) is 6.60. The van der Waals surface area contributed by atoms with Crippen LogP contribution in [0, 0.1) is 5.92 Å². The predicted octanol–water partition coefficient (Wildman–Crippen LogP) is 2.79. The second kappa shape index (κ2) is 5.40. The summed E-state index contributed by atoms with van der Waals surface area (Å²) in [5.41, 5.74) is 3.52. The first-order valence-electron chi connectivity index (χ1n) is 4.96. The molecule has 0 spiro atoms. The van der Waals surface area contributed by atoms with Crippen molar-refractivity contribution in [3.63, 3.8) is 0 Å². The van der Waals surface area contributed by atoms with Crippen molar-refractivity contribution in [2.45, 2.75) is 19.4 Å². The van der Waals surface area contributed by atoms with E-state index in [1.807, 2.05) is 13.0 Å². The zero-order valence-electron chi connectivity index (χ0n) is 8.85. The summed E-state index contributed by atoms with van der Waals surface area (Å²) in [7, 11) is 0. The van der Waals surface area contributed by atoms with Crippen molar-refractivity contribution in [2.24, 2.45) is 5.92 Å². The zero-order valence-corrected chi connectivity index (χ0v) is 8.85. The minimum Gasteiger partial charge on any atom is -0.508 e. The van der Waals surface area contributed by atoms with Crippen LogP contribution in [-0.2, 0) is 0 Å². The number of aromatic hydroxyl groups is 1. The highest BCUT2D eigenvalue weighted by atomic mass is 16.3. The molecule has 0 amide bonds. The van der Waals surface area contributed by atoms with Crippen LogP contribution in [-0.4, -0.2) is 10.2 Å². The molecule has 0 radical (unpaired) electrons. The summed E-state index contributed by atoms with van der Waals surface area (Å²) >= 11 is 0. The van der Waals surface area contributed by atoms with Gasteiger partial charge in [-0.05, 0) is 36.1 Å². The molecule has 0 saturated carbocycles. The number of aliphatic hydroxyl groups is 1. The first kappa shape index (κ1) is 11.6. The molecule has 1 aromatic carbocycles. The Kier molecular flexibility index (Phi) is 4.17. The molecule has 0 aliphatic rings. The molecule has 0 aliphatic carbocycles. The van der Waals surface area contributed by atoms with E-state index < -0.39 is 6.10 Å². The molecule has 2 N–H and O–H groups in total. The topological polar surface area (TPSA) is 40.5 Å². The van der Waals surface area contributed by atoms with Crippen LogP contribution < -0.4 is 0 Å². The summed E-state index contributed by atoms with van der Waals surface area (Å²) in [4.78, 5) is 0. The fourth-order valence-electron chi connectivity index (χ4n) is 1.45. The number of hydrogen-bond acceptors (Lipinski definition) is 2. The minimum absolute atomic E-state index is 0.213. The molecule has 0 aromatic heterocycles. The van der Waals surface area contributed by atoms with E-state index in [1.54, 1.807) is 24.3 Å².